The van der Waals surface area contributed by atoms with Gasteiger partial charge in [0.15, 0.2) is 0 Å². The van der Waals surface area contributed by atoms with Gasteiger partial charge in [0.1, 0.15) is 5.75 Å². The largest absolute Gasteiger partial charge is 0.494 e. The van der Waals surface area contributed by atoms with Crippen LogP contribution in [0.25, 0.3) is 0 Å². The molecule has 0 unspecified atom stereocenters. The van der Waals surface area contributed by atoms with E-state index in [9.17, 15) is 4.79 Å². The molecule has 0 fully saturated rings. The quantitative estimate of drug-likeness (QED) is 0.838. The highest BCUT2D eigenvalue weighted by molar-refractivity contribution is 6.04. The summed E-state index contributed by atoms with van der Waals surface area (Å²) in [5.74, 6) is 0.589. The molecular weight excluding hydrogens is 252 g/mol. The Morgan fingerprint density at radius 2 is 1.90 bits per heavy atom. The van der Waals surface area contributed by atoms with Gasteiger partial charge >= 0.3 is 0 Å². The van der Waals surface area contributed by atoms with Crippen molar-refractivity contribution in [2.75, 3.05) is 17.7 Å². The van der Waals surface area contributed by atoms with Gasteiger partial charge in [-0.25, -0.2) is 0 Å². The average molecular weight is 270 g/mol. The fraction of sp³-hybridized carbons (Fsp3) is 0.188. The van der Waals surface area contributed by atoms with Crippen molar-refractivity contribution >= 4 is 17.3 Å². The van der Waals surface area contributed by atoms with Crippen molar-refractivity contribution in [2.24, 2.45) is 0 Å². The summed E-state index contributed by atoms with van der Waals surface area (Å²) < 4.78 is 5.35. The van der Waals surface area contributed by atoms with Gasteiger partial charge in [-0.2, -0.15) is 0 Å². The maximum Gasteiger partial charge on any atom is 0.255 e. The molecule has 3 N–H and O–H groups in total. The molecule has 0 atom stereocenters. The van der Waals surface area contributed by atoms with Gasteiger partial charge in [0.2, 0.25) is 0 Å². The second-order valence-corrected chi connectivity index (χ2v) is 4.49. The average Bonchev–Trinajstić information content (AvgIpc) is 2.44. The van der Waals surface area contributed by atoms with Crippen molar-refractivity contribution in [3.8, 4) is 5.75 Å². The Kier molecular flexibility index (Phi) is 4.25. The highest BCUT2D eigenvalue weighted by atomic mass is 16.5. The molecule has 0 radical (unpaired) electrons. The van der Waals surface area contributed by atoms with Crippen LogP contribution in [-0.4, -0.2) is 12.5 Å². The molecule has 0 aliphatic heterocycles. The van der Waals surface area contributed by atoms with Crippen LogP contribution in [0, 0.1) is 6.92 Å². The number of nitrogen functional groups attached to an aromatic ring is 1. The first-order chi connectivity index (χ1) is 9.60. The highest BCUT2D eigenvalue weighted by Crippen LogP contribution is 2.19. The summed E-state index contributed by atoms with van der Waals surface area (Å²) in [6.07, 6.45) is 0. The number of carbonyl (C=O) groups excluding carboxylic acids is 1. The summed E-state index contributed by atoms with van der Waals surface area (Å²) in [6.45, 7) is 4.45. The number of nitrogens with two attached hydrogens (primary N) is 1. The SMILES string of the molecule is CCOc1ccc(C(=O)Nc2cc(N)ccc2C)cc1. The summed E-state index contributed by atoms with van der Waals surface area (Å²) in [4.78, 5) is 12.2. The number of anilines is 2. The monoisotopic (exact) mass is 270 g/mol. The number of nitrogens with one attached hydrogen (secondary N) is 1. The molecule has 0 spiro atoms. The molecule has 0 bridgehead atoms. The van der Waals surface area contributed by atoms with Gasteiger partial charge in [-0.3, -0.25) is 4.79 Å². The van der Waals surface area contributed by atoms with E-state index < -0.39 is 0 Å². The van der Waals surface area contributed by atoms with Crippen molar-refractivity contribution in [3.63, 3.8) is 0 Å². The second-order valence-electron chi connectivity index (χ2n) is 4.49. The third kappa shape index (κ3) is 3.29. The zero-order valence-corrected chi connectivity index (χ0v) is 11.6. The number of benzene rings is 2. The molecule has 4 heteroatoms. The fourth-order valence-corrected chi connectivity index (χ4v) is 1.84. The number of hydrogen-bond donors (Lipinski definition) is 2. The van der Waals surface area contributed by atoms with Gasteiger partial charge in [-0.15, -0.1) is 0 Å². The van der Waals surface area contributed by atoms with Gasteiger partial charge in [-0.1, -0.05) is 6.07 Å². The minimum absolute atomic E-state index is 0.165. The molecule has 104 valence electrons. The van der Waals surface area contributed by atoms with Crippen molar-refractivity contribution < 1.29 is 9.53 Å². The first kappa shape index (κ1) is 13.9. The molecule has 0 aliphatic rings. The highest BCUT2D eigenvalue weighted by Gasteiger charge is 2.08. The number of amides is 1. The van der Waals surface area contributed by atoms with E-state index in [4.69, 9.17) is 10.5 Å². The Bertz CT molecular complexity index is 606. The molecule has 20 heavy (non-hydrogen) atoms. The lowest BCUT2D eigenvalue weighted by molar-refractivity contribution is 0.102. The molecule has 1 amide bonds. The third-order valence-electron chi connectivity index (χ3n) is 2.94. The van der Waals surface area contributed by atoms with Crippen LogP contribution in [0.5, 0.6) is 5.75 Å². The predicted molar refractivity (Wildman–Crippen MR) is 81.2 cm³/mol. The van der Waals surface area contributed by atoms with E-state index >= 15 is 0 Å². The predicted octanol–water partition coefficient (Wildman–Crippen LogP) is 3.23. The van der Waals surface area contributed by atoms with Gasteiger partial charge in [-0.05, 0) is 55.8 Å². The van der Waals surface area contributed by atoms with E-state index in [2.05, 4.69) is 5.32 Å². The summed E-state index contributed by atoms with van der Waals surface area (Å²) in [5, 5.41) is 2.86. The normalized spacial score (nSPS) is 10.1. The molecule has 4 nitrogen and oxygen atoms in total. The number of hydrogen-bond acceptors (Lipinski definition) is 3. The first-order valence-electron chi connectivity index (χ1n) is 6.50. The maximum atomic E-state index is 12.2. The standard InChI is InChI=1S/C16H18N2O2/c1-3-20-14-8-5-12(6-9-14)16(19)18-15-10-13(17)7-4-11(15)2/h4-10H,3,17H2,1-2H3,(H,18,19). The van der Waals surface area contributed by atoms with Gasteiger partial charge in [0.05, 0.1) is 6.61 Å². The summed E-state index contributed by atoms with van der Waals surface area (Å²) >= 11 is 0. The minimum atomic E-state index is -0.165. The molecule has 2 aromatic carbocycles. The molecular formula is C16H18N2O2. The molecule has 2 aromatic rings. The van der Waals surface area contributed by atoms with Crippen LogP contribution in [0.1, 0.15) is 22.8 Å². The Balaban J connectivity index is 2.13. The molecule has 0 aliphatic carbocycles. The number of carbonyl (C=O) groups is 1. The summed E-state index contributed by atoms with van der Waals surface area (Å²) in [6, 6.07) is 12.5. The van der Waals surface area contributed by atoms with Gasteiger partial charge in [0.25, 0.3) is 5.91 Å². The van der Waals surface area contributed by atoms with E-state index in [1.165, 1.54) is 0 Å². The van der Waals surface area contributed by atoms with Gasteiger partial charge in [0, 0.05) is 16.9 Å². The zero-order chi connectivity index (χ0) is 14.5. The van der Waals surface area contributed by atoms with Crippen molar-refractivity contribution in [3.05, 3.63) is 53.6 Å². The maximum absolute atomic E-state index is 12.2. The first-order valence-corrected chi connectivity index (χ1v) is 6.50. The van der Waals surface area contributed by atoms with Crippen LogP contribution in [-0.2, 0) is 0 Å². The topological polar surface area (TPSA) is 64.3 Å². The number of ether oxygens (including phenoxy) is 1. The van der Waals surface area contributed by atoms with Crippen LogP contribution >= 0.6 is 0 Å². The lowest BCUT2D eigenvalue weighted by Gasteiger charge is -2.10. The fourth-order valence-electron chi connectivity index (χ4n) is 1.84. The summed E-state index contributed by atoms with van der Waals surface area (Å²) in [5.41, 5.74) is 8.63. The van der Waals surface area contributed by atoms with E-state index in [0.29, 0.717) is 17.9 Å². The Morgan fingerprint density at radius 3 is 2.55 bits per heavy atom. The van der Waals surface area contributed by atoms with Crippen molar-refractivity contribution in [1.29, 1.82) is 0 Å². The lowest BCUT2D eigenvalue weighted by Crippen LogP contribution is -2.12. The molecule has 2 rings (SSSR count). The van der Waals surface area contributed by atoms with Crippen LogP contribution in [0.15, 0.2) is 42.5 Å². The van der Waals surface area contributed by atoms with Crippen LogP contribution in [0.2, 0.25) is 0 Å². The molecule has 0 saturated heterocycles. The van der Waals surface area contributed by atoms with E-state index in [1.54, 1.807) is 30.3 Å². The van der Waals surface area contributed by atoms with Crippen LogP contribution < -0.4 is 15.8 Å². The van der Waals surface area contributed by atoms with Gasteiger partial charge < -0.3 is 15.8 Å². The number of rotatable bonds is 4. The second kappa shape index (κ2) is 6.10. The zero-order valence-electron chi connectivity index (χ0n) is 11.6. The van der Waals surface area contributed by atoms with Crippen LogP contribution in [0.3, 0.4) is 0 Å². The smallest absolute Gasteiger partial charge is 0.255 e. The van der Waals surface area contributed by atoms with E-state index in [-0.39, 0.29) is 5.91 Å². The minimum Gasteiger partial charge on any atom is -0.494 e. The van der Waals surface area contributed by atoms with E-state index in [0.717, 1.165) is 17.0 Å². The van der Waals surface area contributed by atoms with Crippen molar-refractivity contribution in [1.82, 2.24) is 0 Å². The summed E-state index contributed by atoms with van der Waals surface area (Å²) in [7, 11) is 0. The molecule has 0 saturated carbocycles. The Morgan fingerprint density at radius 1 is 1.20 bits per heavy atom. The van der Waals surface area contributed by atoms with Crippen molar-refractivity contribution in [2.45, 2.75) is 13.8 Å². The molecule has 0 aromatic heterocycles. The Labute approximate surface area is 118 Å². The number of aryl methyl sites for hydroxylation is 1. The lowest BCUT2D eigenvalue weighted by atomic mass is 10.1. The third-order valence-corrected chi connectivity index (χ3v) is 2.94. The molecule has 0 heterocycles. The van der Waals surface area contributed by atoms with Crippen LogP contribution in [0.4, 0.5) is 11.4 Å². The van der Waals surface area contributed by atoms with E-state index in [1.807, 2.05) is 26.0 Å². The Hall–Kier alpha value is -2.49.